The molecule has 4 heterocycles. The lowest BCUT2D eigenvalue weighted by atomic mass is 9.95. The van der Waals surface area contributed by atoms with Gasteiger partial charge in [-0.05, 0) is 45.0 Å². The van der Waals surface area contributed by atoms with Crippen molar-refractivity contribution in [2.45, 2.75) is 45.2 Å². The number of rotatable bonds is 4. The Kier molecular flexibility index (Phi) is 4.57. The molecule has 2 aromatic heterocycles. The number of carbonyl (C=O) groups is 1. The summed E-state index contributed by atoms with van der Waals surface area (Å²) in [7, 11) is 0. The molecule has 134 valence electrons. The molecule has 0 atom stereocenters. The summed E-state index contributed by atoms with van der Waals surface area (Å²) in [6, 6.07) is 1.71. The molecule has 1 saturated heterocycles. The zero-order chi connectivity index (χ0) is 17.2. The molecule has 2 aromatic rings. The van der Waals surface area contributed by atoms with E-state index in [-0.39, 0.29) is 5.91 Å². The third-order valence-corrected chi connectivity index (χ3v) is 5.33. The van der Waals surface area contributed by atoms with E-state index in [0.717, 1.165) is 44.1 Å². The minimum Gasteiger partial charge on any atom is -0.472 e. The maximum Gasteiger partial charge on any atom is 0.257 e. The van der Waals surface area contributed by atoms with Gasteiger partial charge in [-0.1, -0.05) is 6.92 Å². The molecule has 0 bridgehead atoms. The molecule has 0 unspecified atom stereocenters. The van der Waals surface area contributed by atoms with Gasteiger partial charge in [0.2, 0.25) is 0 Å². The second-order valence-electron chi connectivity index (χ2n) is 6.98. The largest absolute Gasteiger partial charge is 0.472 e. The molecule has 7 heteroatoms. The van der Waals surface area contributed by atoms with Crippen LogP contribution in [0.2, 0.25) is 0 Å². The van der Waals surface area contributed by atoms with Gasteiger partial charge in [0.15, 0.2) is 5.82 Å². The molecular weight excluding hydrogens is 318 g/mol. The number of furan rings is 1. The van der Waals surface area contributed by atoms with Crippen molar-refractivity contribution in [2.24, 2.45) is 0 Å². The Hall–Kier alpha value is -2.15. The molecule has 25 heavy (non-hydrogen) atoms. The van der Waals surface area contributed by atoms with E-state index in [1.807, 2.05) is 4.90 Å². The van der Waals surface area contributed by atoms with Crippen LogP contribution in [-0.2, 0) is 13.1 Å². The van der Waals surface area contributed by atoms with Crippen molar-refractivity contribution < 1.29 is 9.21 Å². The van der Waals surface area contributed by atoms with Gasteiger partial charge in [-0.15, -0.1) is 10.2 Å². The number of nitrogens with zero attached hydrogens (tertiary/aromatic N) is 5. The number of carbonyl (C=O) groups excluding carboxylic acids is 1. The number of aromatic nitrogens is 3. The summed E-state index contributed by atoms with van der Waals surface area (Å²) in [5.41, 5.74) is 0.594. The highest BCUT2D eigenvalue weighted by Crippen LogP contribution is 2.28. The summed E-state index contributed by atoms with van der Waals surface area (Å²) in [4.78, 5) is 16.8. The van der Waals surface area contributed by atoms with E-state index in [2.05, 4.69) is 26.6 Å². The van der Waals surface area contributed by atoms with Gasteiger partial charge in [0.05, 0.1) is 18.4 Å². The average molecular weight is 343 g/mol. The first-order chi connectivity index (χ1) is 12.3. The van der Waals surface area contributed by atoms with Gasteiger partial charge < -0.3 is 18.8 Å². The quantitative estimate of drug-likeness (QED) is 0.851. The normalized spacial score (nSPS) is 19.2. The number of hydrogen-bond acceptors (Lipinski definition) is 5. The Morgan fingerprint density at radius 3 is 2.80 bits per heavy atom. The predicted molar refractivity (Wildman–Crippen MR) is 92.2 cm³/mol. The summed E-state index contributed by atoms with van der Waals surface area (Å²) < 4.78 is 7.26. The molecule has 1 fully saturated rings. The fourth-order valence-electron chi connectivity index (χ4n) is 3.96. The Bertz CT molecular complexity index is 716. The number of piperidine rings is 1. The van der Waals surface area contributed by atoms with Gasteiger partial charge >= 0.3 is 0 Å². The van der Waals surface area contributed by atoms with E-state index in [1.54, 1.807) is 6.07 Å². The molecule has 2 aliphatic rings. The van der Waals surface area contributed by atoms with Crippen molar-refractivity contribution in [3.05, 3.63) is 35.8 Å². The van der Waals surface area contributed by atoms with Gasteiger partial charge in [0.1, 0.15) is 12.1 Å². The molecule has 0 radical (unpaired) electrons. The summed E-state index contributed by atoms with van der Waals surface area (Å²) >= 11 is 0. The Morgan fingerprint density at radius 2 is 2.08 bits per heavy atom. The summed E-state index contributed by atoms with van der Waals surface area (Å²) in [6.07, 6.45) is 6.54. The highest BCUT2D eigenvalue weighted by atomic mass is 16.3. The zero-order valence-electron chi connectivity index (χ0n) is 14.7. The van der Waals surface area contributed by atoms with E-state index in [9.17, 15) is 4.79 Å². The molecule has 1 amide bonds. The van der Waals surface area contributed by atoms with Crippen LogP contribution in [0.4, 0.5) is 0 Å². The summed E-state index contributed by atoms with van der Waals surface area (Å²) in [5, 5.41) is 8.87. The highest BCUT2D eigenvalue weighted by Gasteiger charge is 2.30. The van der Waals surface area contributed by atoms with Crippen LogP contribution in [0.3, 0.4) is 0 Å². The van der Waals surface area contributed by atoms with Gasteiger partial charge in [-0.3, -0.25) is 4.79 Å². The molecule has 0 spiro atoms. The first-order valence-electron chi connectivity index (χ1n) is 9.22. The Balaban J connectivity index is 1.43. The topological polar surface area (TPSA) is 67.4 Å². The molecule has 0 saturated carbocycles. The SMILES string of the molecule is CCCN1CCC(c2nnc3n2CCN(C(=O)c2ccoc2)C3)CC1. The third kappa shape index (κ3) is 3.20. The molecule has 0 aliphatic carbocycles. The van der Waals surface area contributed by atoms with E-state index in [0.29, 0.717) is 24.6 Å². The van der Waals surface area contributed by atoms with Crippen LogP contribution < -0.4 is 0 Å². The third-order valence-electron chi connectivity index (χ3n) is 5.33. The van der Waals surface area contributed by atoms with E-state index < -0.39 is 0 Å². The standard InChI is InChI=1S/C18H25N5O2/c1-2-6-21-7-3-14(4-8-21)17-20-19-16-12-22(9-10-23(16)17)18(24)15-5-11-25-13-15/h5,11,13-14H,2-4,6-10,12H2,1H3. The maximum atomic E-state index is 12.5. The van der Waals surface area contributed by atoms with Crippen LogP contribution >= 0.6 is 0 Å². The summed E-state index contributed by atoms with van der Waals surface area (Å²) in [5.74, 6) is 2.50. The van der Waals surface area contributed by atoms with Gasteiger partial charge in [-0.2, -0.15) is 0 Å². The number of amides is 1. The molecule has 0 aromatic carbocycles. The minimum atomic E-state index is -0.00239. The van der Waals surface area contributed by atoms with Crippen LogP contribution in [0.1, 0.15) is 54.1 Å². The molecule has 4 rings (SSSR count). The smallest absolute Gasteiger partial charge is 0.257 e. The van der Waals surface area contributed by atoms with Crippen molar-refractivity contribution in [1.82, 2.24) is 24.6 Å². The molecule has 0 N–H and O–H groups in total. The van der Waals surface area contributed by atoms with Crippen LogP contribution in [0, 0.1) is 0 Å². The van der Waals surface area contributed by atoms with Crippen molar-refractivity contribution in [3.8, 4) is 0 Å². The van der Waals surface area contributed by atoms with E-state index >= 15 is 0 Å². The van der Waals surface area contributed by atoms with Crippen LogP contribution in [0.15, 0.2) is 23.0 Å². The van der Waals surface area contributed by atoms with Gasteiger partial charge in [-0.25, -0.2) is 0 Å². The first-order valence-corrected chi connectivity index (χ1v) is 9.22. The van der Waals surface area contributed by atoms with Crippen LogP contribution in [0.25, 0.3) is 0 Å². The monoisotopic (exact) mass is 343 g/mol. The van der Waals surface area contributed by atoms with Crippen molar-refractivity contribution in [1.29, 1.82) is 0 Å². The zero-order valence-corrected chi connectivity index (χ0v) is 14.7. The van der Waals surface area contributed by atoms with E-state index in [4.69, 9.17) is 4.42 Å². The van der Waals surface area contributed by atoms with Gasteiger partial charge in [0, 0.05) is 19.0 Å². The number of fused-ring (bicyclic) bond motifs is 1. The lowest BCUT2D eigenvalue weighted by molar-refractivity contribution is 0.0704. The van der Waals surface area contributed by atoms with Crippen molar-refractivity contribution in [3.63, 3.8) is 0 Å². The molecular formula is C18H25N5O2. The Labute approximate surface area is 147 Å². The first kappa shape index (κ1) is 16.3. The highest BCUT2D eigenvalue weighted by molar-refractivity contribution is 5.93. The minimum absolute atomic E-state index is 0.00239. The number of hydrogen-bond donors (Lipinski definition) is 0. The Morgan fingerprint density at radius 1 is 1.24 bits per heavy atom. The molecule has 2 aliphatic heterocycles. The van der Waals surface area contributed by atoms with Crippen LogP contribution in [0.5, 0.6) is 0 Å². The lowest BCUT2D eigenvalue weighted by Gasteiger charge is -2.32. The van der Waals surface area contributed by atoms with Crippen molar-refractivity contribution >= 4 is 5.91 Å². The fraction of sp³-hybridized carbons (Fsp3) is 0.611. The lowest BCUT2D eigenvalue weighted by Crippen LogP contribution is -2.39. The fourth-order valence-corrected chi connectivity index (χ4v) is 3.96. The predicted octanol–water partition coefficient (Wildman–Crippen LogP) is 2.12. The van der Waals surface area contributed by atoms with Crippen molar-refractivity contribution in [2.75, 3.05) is 26.2 Å². The van der Waals surface area contributed by atoms with Gasteiger partial charge in [0.25, 0.3) is 5.91 Å². The molecule has 7 nitrogen and oxygen atoms in total. The number of likely N-dealkylation sites (tertiary alicyclic amines) is 1. The van der Waals surface area contributed by atoms with E-state index in [1.165, 1.54) is 25.5 Å². The summed E-state index contributed by atoms with van der Waals surface area (Å²) in [6.45, 7) is 7.70. The van der Waals surface area contributed by atoms with Crippen LogP contribution in [-0.4, -0.2) is 56.7 Å². The second-order valence-corrected chi connectivity index (χ2v) is 6.98. The maximum absolute atomic E-state index is 12.5. The average Bonchev–Trinajstić information content (AvgIpc) is 3.31. The second kappa shape index (κ2) is 7.00.